The van der Waals surface area contributed by atoms with E-state index in [1.165, 1.54) is 0 Å². The van der Waals surface area contributed by atoms with Crippen LogP contribution in [0.2, 0.25) is 0 Å². The molecule has 0 aromatic heterocycles. The summed E-state index contributed by atoms with van der Waals surface area (Å²) >= 11 is 0. The molecule has 2 rings (SSSR count). The number of ether oxygens (including phenoxy) is 2. The molecule has 1 aromatic rings. The monoisotopic (exact) mass is 245 g/mol. The number of benzene rings is 1. The highest BCUT2D eigenvalue weighted by atomic mass is 16.7. The Morgan fingerprint density at radius 2 is 1.83 bits per heavy atom. The van der Waals surface area contributed by atoms with Crippen molar-refractivity contribution in [3.8, 4) is 17.6 Å². The number of rotatable bonds is 5. The Bertz CT molecular complexity index is 456. The zero-order valence-corrected chi connectivity index (χ0v) is 11.0. The van der Waals surface area contributed by atoms with Crippen molar-refractivity contribution < 1.29 is 9.47 Å². The Hall–Kier alpha value is -1.69. The Kier molecular flexibility index (Phi) is 3.76. The summed E-state index contributed by atoms with van der Waals surface area (Å²) in [5.74, 6) is 1.54. The Labute approximate surface area is 108 Å². The lowest BCUT2D eigenvalue weighted by atomic mass is 9.74. The summed E-state index contributed by atoms with van der Waals surface area (Å²) in [6, 6.07) is 8.41. The van der Waals surface area contributed by atoms with Gasteiger partial charge in [0, 0.05) is 0 Å². The van der Waals surface area contributed by atoms with Crippen LogP contribution in [0, 0.1) is 11.3 Å². The van der Waals surface area contributed by atoms with Gasteiger partial charge in [-0.05, 0) is 30.5 Å². The van der Waals surface area contributed by atoms with Gasteiger partial charge in [-0.3, -0.25) is 0 Å². The van der Waals surface area contributed by atoms with Crippen LogP contribution in [-0.4, -0.2) is 6.79 Å². The van der Waals surface area contributed by atoms with Crippen molar-refractivity contribution in [1.82, 2.24) is 0 Å². The largest absolute Gasteiger partial charge is 0.454 e. The van der Waals surface area contributed by atoms with E-state index in [1.807, 2.05) is 18.2 Å². The third-order valence-corrected chi connectivity index (χ3v) is 3.49. The number of hydrogen-bond acceptors (Lipinski definition) is 3. The molecule has 0 N–H and O–H groups in total. The van der Waals surface area contributed by atoms with Gasteiger partial charge in [0.05, 0.1) is 11.5 Å². The molecule has 96 valence electrons. The zero-order valence-electron chi connectivity index (χ0n) is 11.0. The summed E-state index contributed by atoms with van der Waals surface area (Å²) in [4.78, 5) is 0. The molecule has 0 saturated heterocycles. The summed E-state index contributed by atoms with van der Waals surface area (Å²) in [6.45, 7) is 4.52. The van der Waals surface area contributed by atoms with Crippen LogP contribution < -0.4 is 9.47 Å². The second kappa shape index (κ2) is 5.30. The zero-order chi connectivity index (χ0) is 13.0. The van der Waals surface area contributed by atoms with Gasteiger partial charge < -0.3 is 9.47 Å². The van der Waals surface area contributed by atoms with E-state index < -0.39 is 0 Å². The van der Waals surface area contributed by atoms with E-state index >= 15 is 0 Å². The smallest absolute Gasteiger partial charge is 0.231 e. The highest BCUT2D eigenvalue weighted by Crippen LogP contribution is 2.40. The van der Waals surface area contributed by atoms with Crippen molar-refractivity contribution >= 4 is 0 Å². The van der Waals surface area contributed by atoms with Crippen molar-refractivity contribution in [2.45, 2.75) is 44.9 Å². The van der Waals surface area contributed by atoms with Crippen molar-refractivity contribution in [3.63, 3.8) is 0 Å². The second-order valence-electron chi connectivity index (χ2n) is 4.76. The topological polar surface area (TPSA) is 42.2 Å². The third kappa shape index (κ3) is 2.15. The molecule has 0 aliphatic carbocycles. The van der Waals surface area contributed by atoms with Gasteiger partial charge in [-0.25, -0.2) is 0 Å². The molecule has 0 radical (unpaired) electrons. The van der Waals surface area contributed by atoms with E-state index in [2.05, 4.69) is 19.9 Å². The summed E-state index contributed by atoms with van der Waals surface area (Å²) in [6.07, 6.45) is 3.78. The van der Waals surface area contributed by atoms with Crippen LogP contribution in [0.15, 0.2) is 18.2 Å². The molecule has 0 atom stereocenters. The van der Waals surface area contributed by atoms with Crippen LogP contribution in [0.5, 0.6) is 11.5 Å². The van der Waals surface area contributed by atoms with E-state index in [0.717, 1.165) is 42.7 Å². The molecular weight excluding hydrogens is 226 g/mol. The molecule has 1 heterocycles. The molecule has 1 aliphatic heterocycles. The molecule has 0 saturated carbocycles. The van der Waals surface area contributed by atoms with Crippen LogP contribution in [0.1, 0.15) is 45.1 Å². The highest BCUT2D eigenvalue weighted by Gasteiger charge is 2.32. The van der Waals surface area contributed by atoms with Gasteiger partial charge in [0.1, 0.15) is 0 Å². The average molecular weight is 245 g/mol. The normalized spacial score (nSPS) is 13.4. The molecule has 3 heteroatoms. The quantitative estimate of drug-likeness (QED) is 0.792. The first kappa shape index (κ1) is 12.8. The van der Waals surface area contributed by atoms with Crippen molar-refractivity contribution in [3.05, 3.63) is 23.8 Å². The number of nitrogens with zero attached hydrogens (tertiary/aromatic N) is 1. The Morgan fingerprint density at radius 3 is 2.44 bits per heavy atom. The van der Waals surface area contributed by atoms with Crippen molar-refractivity contribution in [2.24, 2.45) is 0 Å². The van der Waals surface area contributed by atoms with Gasteiger partial charge in [0.2, 0.25) is 6.79 Å². The van der Waals surface area contributed by atoms with Crippen molar-refractivity contribution in [1.29, 1.82) is 5.26 Å². The lowest BCUT2D eigenvalue weighted by Gasteiger charge is -2.26. The Morgan fingerprint density at radius 1 is 1.17 bits per heavy atom. The lowest BCUT2D eigenvalue weighted by molar-refractivity contribution is 0.174. The molecule has 0 bridgehead atoms. The molecule has 0 unspecified atom stereocenters. The van der Waals surface area contributed by atoms with Gasteiger partial charge in [-0.1, -0.05) is 32.8 Å². The predicted octanol–water partition coefficient (Wildman–Crippen LogP) is 3.78. The molecule has 0 amide bonds. The summed E-state index contributed by atoms with van der Waals surface area (Å²) < 4.78 is 10.7. The lowest BCUT2D eigenvalue weighted by Crippen LogP contribution is -2.23. The van der Waals surface area contributed by atoms with Gasteiger partial charge in [-0.15, -0.1) is 0 Å². The van der Waals surface area contributed by atoms with Gasteiger partial charge >= 0.3 is 0 Å². The molecule has 0 spiro atoms. The van der Waals surface area contributed by atoms with E-state index in [9.17, 15) is 5.26 Å². The Balaban J connectivity index is 2.39. The summed E-state index contributed by atoms with van der Waals surface area (Å²) in [5.41, 5.74) is 0.669. The van der Waals surface area contributed by atoms with Crippen molar-refractivity contribution in [2.75, 3.05) is 6.79 Å². The van der Waals surface area contributed by atoms with E-state index in [1.54, 1.807) is 0 Å². The SMILES string of the molecule is CCCC(C#N)(CCC)c1ccc2c(c1)OCO2. The second-order valence-corrected chi connectivity index (χ2v) is 4.76. The minimum atomic E-state index is -0.384. The molecule has 1 aliphatic rings. The summed E-state index contributed by atoms with van der Waals surface area (Å²) in [7, 11) is 0. The molecule has 1 aromatic carbocycles. The van der Waals surface area contributed by atoms with Gasteiger partial charge in [0.25, 0.3) is 0 Å². The minimum Gasteiger partial charge on any atom is -0.454 e. The fourth-order valence-corrected chi connectivity index (χ4v) is 2.64. The molecular formula is C15H19NO2. The minimum absolute atomic E-state index is 0.278. The van der Waals surface area contributed by atoms with Crippen LogP contribution in [0.4, 0.5) is 0 Å². The summed E-state index contributed by atoms with van der Waals surface area (Å²) in [5, 5.41) is 9.62. The molecule has 18 heavy (non-hydrogen) atoms. The first-order valence-electron chi connectivity index (χ1n) is 6.57. The van der Waals surface area contributed by atoms with Gasteiger partial charge in [-0.2, -0.15) is 5.26 Å². The maximum atomic E-state index is 9.62. The van der Waals surface area contributed by atoms with E-state index in [4.69, 9.17) is 9.47 Å². The van der Waals surface area contributed by atoms with Crippen LogP contribution >= 0.6 is 0 Å². The molecule has 0 fully saturated rings. The highest BCUT2D eigenvalue weighted by molar-refractivity contribution is 5.48. The predicted molar refractivity (Wildman–Crippen MR) is 69.7 cm³/mol. The van der Waals surface area contributed by atoms with Crippen LogP contribution in [-0.2, 0) is 5.41 Å². The number of fused-ring (bicyclic) bond motifs is 1. The standard InChI is InChI=1S/C15H19NO2/c1-3-7-15(10-16,8-4-2)12-5-6-13-14(9-12)18-11-17-13/h5-6,9H,3-4,7-8,11H2,1-2H3. The maximum absolute atomic E-state index is 9.62. The fourth-order valence-electron chi connectivity index (χ4n) is 2.64. The first-order chi connectivity index (χ1) is 8.75. The molecule has 3 nitrogen and oxygen atoms in total. The van der Waals surface area contributed by atoms with Crippen LogP contribution in [0.3, 0.4) is 0 Å². The maximum Gasteiger partial charge on any atom is 0.231 e. The first-order valence-corrected chi connectivity index (χ1v) is 6.57. The third-order valence-electron chi connectivity index (χ3n) is 3.49. The number of hydrogen-bond donors (Lipinski definition) is 0. The van der Waals surface area contributed by atoms with Gasteiger partial charge in [0.15, 0.2) is 11.5 Å². The number of nitriles is 1. The fraction of sp³-hybridized carbons (Fsp3) is 0.533. The average Bonchev–Trinajstić information content (AvgIpc) is 2.85. The van der Waals surface area contributed by atoms with E-state index in [0.29, 0.717) is 0 Å². The van der Waals surface area contributed by atoms with E-state index in [-0.39, 0.29) is 12.2 Å². The van der Waals surface area contributed by atoms with Crippen LogP contribution in [0.25, 0.3) is 0 Å².